The van der Waals surface area contributed by atoms with Gasteiger partial charge < -0.3 is 10.5 Å². The van der Waals surface area contributed by atoms with Crippen molar-refractivity contribution in [2.24, 2.45) is 5.73 Å². The molecule has 0 aromatic heterocycles. The van der Waals surface area contributed by atoms with E-state index in [1.54, 1.807) is 24.3 Å². The van der Waals surface area contributed by atoms with Crippen LogP contribution >= 0.6 is 0 Å². The van der Waals surface area contributed by atoms with Crippen molar-refractivity contribution in [2.45, 2.75) is 18.2 Å². The molecule has 1 saturated heterocycles. The van der Waals surface area contributed by atoms with Gasteiger partial charge in [0.25, 0.3) is 0 Å². The second-order valence-electron chi connectivity index (χ2n) is 3.92. The number of rotatable bonds is 3. The van der Waals surface area contributed by atoms with Crippen LogP contribution < -0.4 is 10.5 Å². The largest absolute Gasteiger partial charge is 0.494 e. The van der Waals surface area contributed by atoms with Gasteiger partial charge in [0.1, 0.15) is 11.0 Å². The SMILES string of the molecule is CCOc1ccc(C2C(N)CS2(=O)=O)cc1. The molecule has 5 heteroatoms. The Morgan fingerprint density at radius 1 is 1.38 bits per heavy atom. The third-order valence-corrected chi connectivity index (χ3v) is 4.97. The van der Waals surface area contributed by atoms with E-state index in [2.05, 4.69) is 0 Å². The van der Waals surface area contributed by atoms with E-state index in [1.807, 2.05) is 6.92 Å². The molecule has 16 heavy (non-hydrogen) atoms. The van der Waals surface area contributed by atoms with Crippen molar-refractivity contribution in [3.63, 3.8) is 0 Å². The lowest BCUT2D eigenvalue weighted by atomic mass is 10.1. The summed E-state index contributed by atoms with van der Waals surface area (Å²) in [7, 11) is -3.02. The fourth-order valence-corrected chi connectivity index (χ4v) is 3.76. The van der Waals surface area contributed by atoms with Crippen molar-refractivity contribution in [3.8, 4) is 5.75 Å². The summed E-state index contributed by atoms with van der Waals surface area (Å²) in [5.41, 5.74) is 6.47. The maximum Gasteiger partial charge on any atom is 0.160 e. The van der Waals surface area contributed by atoms with Crippen molar-refractivity contribution in [1.29, 1.82) is 0 Å². The van der Waals surface area contributed by atoms with Gasteiger partial charge in [-0.25, -0.2) is 8.42 Å². The highest BCUT2D eigenvalue weighted by molar-refractivity contribution is 7.93. The molecule has 1 fully saturated rings. The molecular weight excluding hydrogens is 226 g/mol. The molecule has 1 heterocycles. The predicted molar refractivity (Wildman–Crippen MR) is 62.1 cm³/mol. The average Bonchev–Trinajstić information content (AvgIpc) is 2.20. The fourth-order valence-electron chi connectivity index (χ4n) is 1.98. The van der Waals surface area contributed by atoms with E-state index in [4.69, 9.17) is 10.5 Å². The maximum atomic E-state index is 11.5. The van der Waals surface area contributed by atoms with Crippen LogP contribution in [0.25, 0.3) is 0 Å². The zero-order valence-corrected chi connectivity index (χ0v) is 9.91. The summed E-state index contributed by atoms with van der Waals surface area (Å²) in [5, 5.41) is -0.539. The summed E-state index contributed by atoms with van der Waals surface area (Å²) < 4.78 is 28.3. The second kappa shape index (κ2) is 4.07. The van der Waals surface area contributed by atoms with Crippen LogP contribution in [0.4, 0.5) is 0 Å². The van der Waals surface area contributed by atoms with Gasteiger partial charge >= 0.3 is 0 Å². The molecule has 0 bridgehead atoms. The molecule has 0 aliphatic carbocycles. The van der Waals surface area contributed by atoms with Crippen molar-refractivity contribution in [2.75, 3.05) is 12.4 Å². The first-order valence-corrected chi connectivity index (χ1v) is 6.96. The Kier molecular flexibility index (Phi) is 2.90. The van der Waals surface area contributed by atoms with Crippen LogP contribution in [0.2, 0.25) is 0 Å². The van der Waals surface area contributed by atoms with Gasteiger partial charge in [-0.1, -0.05) is 12.1 Å². The van der Waals surface area contributed by atoms with E-state index in [1.165, 1.54) is 0 Å². The molecule has 4 nitrogen and oxygen atoms in total. The fraction of sp³-hybridized carbons (Fsp3) is 0.455. The zero-order chi connectivity index (χ0) is 11.8. The molecular formula is C11H15NO3S. The topological polar surface area (TPSA) is 69.4 Å². The summed E-state index contributed by atoms with van der Waals surface area (Å²) in [4.78, 5) is 0. The molecule has 0 spiro atoms. The Hall–Kier alpha value is -1.07. The van der Waals surface area contributed by atoms with Gasteiger partial charge in [-0.2, -0.15) is 0 Å². The highest BCUT2D eigenvalue weighted by atomic mass is 32.2. The Morgan fingerprint density at radius 3 is 2.44 bits per heavy atom. The second-order valence-corrected chi connectivity index (χ2v) is 6.08. The summed E-state index contributed by atoms with van der Waals surface area (Å²) in [6.45, 7) is 2.50. The van der Waals surface area contributed by atoms with Gasteiger partial charge in [-0.3, -0.25) is 0 Å². The standard InChI is InChI=1S/C11H15NO3S/c1-2-15-9-5-3-8(4-6-9)11-10(12)7-16(11,13)14/h3-6,10-11H,2,7,12H2,1H3. The lowest BCUT2D eigenvalue weighted by Crippen LogP contribution is -2.50. The van der Waals surface area contributed by atoms with Crippen LogP contribution in [0.15, 0.2) is 24.3 Å². The van der Waals surface area contributed by atoms with E-state index in [-0.39, 0.29) is 11.8 Å². The van der Waals surface area contributed by atoms with Crippen molar-refractivity contribution < 1.29 is 13.2 Å². The van der Waals surface area contributed by atoms with Gasteiger partial charge in [0.15, 0.2) is 9.84 Å². The smallest absolute Gasteiger partial charge is 0.160 e. The maximum absolute atomic E-state index is 11.5. The number of ether oxygens (including phenoxy) is 1. The summed E-state index contributed by atoms with van der Waals surface area (Å²) in [6.07, 6.45) is 0. The molecule has 2 rings (SSSR count). The lowest BCUT2D eigenvalue weighted by molar-refractivity contribution is 0.340. The third-order valence-electron chi connectivity index (χ3n) is 2.72. The number of benzene rings is 1. The summed E-state index contributed by atoms with van der Waals surface area (Å²) in [6, 6.07) is 6.82. The number of sulfone groups is 1. The van der Waals surface area contributed by atoms with Crippen LogP contribution in [0, 0.1) is 0 Å². The Morgan fingerprint density at radius 2 is 2.00 bits per heavy atom. The molecule has 1 aliphatic heterocycles. The molecule has 1 aromatic carbocycles. The molecule has 2 atom stereocenters. The third kappa shape index (κ3) is 1.92. The van der Waals surface area contributed by atoms with Gasteiger partial charge in [-0.05, 0) is 24.6 Å². The van der Waals surface area contributed by atoms with Crippen molar-refractivity contribution >= 4 is 9.84 Å². The van der Waals surface area contributed by atoms with Crippen molar-refractivity contribution in [3.05, 3.63) is 29.8 Å². The molecule has 2 unspecified atom stereocenters. The van der Waals surface area contributed by atoms with Gasteiger partial charge in [0, 0.05) is 6.04 Å². The van der Waals surface area contributed by atoms with E-state index >= 15 is 0 Å². The van der Waals surface area contributed by atoms with Crippen LogP contribution in [0.5, 0.6) is 5.75 Å². The molecule has 1 aromatic rings. The lowest BCUT2D eigenvalue weighted by Gasteiger charge is -2.33. The highest BCUT2D eigenvalue weighted by Gasteiger charge is 2.44. The van der Waals surface area contributed by atoms with Gasteiger partial charge in [-0.15, -0.1) is 0 Å². The number of nitrogens with two attached hydrogens (primary N) is 1. The van der Waals surface area contributed by atoms with Crippen LogP contribution in [-0.2, 0) is 9.84 Å². The molecule has 88 valence electrons. The van der Waals surface area contributed by atoms with Crippen molar-refractivity contribution in [1.82, 2.24) is 0 Å². The molecule has 0 radical (unpaired) electrons. The van der Waals surface area contributed by atoms with Gasteiger partial charge in [0.2, 0.25) is 0 Å². The first-order valence-electron chi connectivity index (χ1n) is 5.24. The van der Waals surface area contributed by atoms with Crippen LogP contribution in [-0.4, -0.2) is 26.8 Å². The number of hydrogen-bond acceptors (Lipinski definition) is 4. The van der Waals surface area contributed by atoms with Gasteiger partial charge in [0.05, 0.1) is 12.4 Å². The first-order chi connectivity index (χ1) is 7.54. The highest BCUT2D eigenvalue weighted by Crippen LogP contribution is 2.35. The normalized spacial score (nSPS) is 27.1. The minimum absolute atomic E-state index is 0.0882. The minimum atomic E-state index is -3.02. The van der Waals surface area contributed by atoms with E-state index in [0.29, 0.717) is 6.61 Å². The predicted octanol–water partition coefficient (Wildman–Crippen LogP) is 0.882. The quantitative estimate of drug-likeness (QED) is 0.853. The average molecular weight is 241 g/mol. The first kappa shape index (κ1) is 11.4. The zero-order valence-electron chi connectivity index (χ0n) is 9.09. The minimum Gasteiger partial charge on any atom is -0.494 e. The van der Waals surface area contributed by atoms with E-state index in [0.717, 1.165) is 11.3 Å². The summed E-state index contributed by atoms with van der Waals surface area (Å²) in [5.74, 6) is 0.835. The van der Waals surface area contributed by atoms with Crippen LogP contribution in [0.1, 0.15) is 17.7 Å². The number of hydrogen-bond donors (Lipinski definition) is 1. The molecule has 1 aliphatic rings. The molecule has 0 amide bonds. The molecule has 2 N–H and O–H groups in total. The van der Waals surface area contributed by atoms with E-state index in [9.17, 15) is 8.42 Å². The Bertz CT molecular complexity index is 467. The Labute approximate surface area is 95.3 Å². The van der Waals surface area contributed by atoms with Crippen LogP contribution in [0.3, 0.4) is 0 Å². The Balaban J connectivity index is 2.22. The van der Waals surface area contributed by atoms with E-state index < -0.39 is 15.1 Å². The monoisotopic (exact) mass is 241 g/mol. The summed E-state index contributed by atoms with van der Waals surface area (Å²) >= 11 is 0. The molecule has 0 saturated carbocycles.